The van der Waals surface area contributed by atoms with Crippen molar-refractivity contribution in [3.8, 4) is 0 Å². The van der Waals surface area contributed by atoms with Gasteiger partial charge in [-0.05, 0) is 80.3 Å². The van der Waals surface area contributed by atoms with Crippen molar-refractivity contribution in [3.63, 3.8) is 0 Å². The molecule has 0 radical (unpaired) electrons. The van der Waals surface area contributed by atoms with Crippen molar-refractivity contribution in [3.05, 3.63) is 24.3 Å². The van der Waals surface area contributed by atoms with Gasteiger partial charge in [0.15, 0.2) is 17.4 Å². The molecule has 16 rings (SSSR count). The predicted molar refractivity (Wildman–Crippen MR) is 280 cm³/mol. The molecule has 0 aromatic heterocycles. The zero-order chi connectivity index (χ0) is 55.0. The van der Waals surface area contributed by atoms with Gasteiger partial charge in [-0.2, -0.15) is 0 Å². The number of rotatable bonds is 4. The van der Waals surface area contributed by atoms with E-state index in [0.29, 0.717) is 71.0 Å². The third kappa shape index (κ3) is 10.3. The summed E-state index contributed by atoms with van der Waals surface area (Å²) in [4.78, 5) is 26.9. The van der Waals surface area contributed by atoms with Gasteiger partial charge in [0.2, 0.25) is 0 Å². The molecule has 19 nitrogen and oxygen atoms in total. The van der Waals surface area contributed by atoms with Crippen LogP contribution in [0.4, 0.5) is 0 Å². The Balaban J connectivity index is 0.674. The number of hydrogen-bond donors (Lipinski definition) is 2. The van der Waals surface area contributed by atoms with Gasteiger partial charge in [0.1, 0.15) is 24.1 Å². The SMILES string of the molecule is C=C1C[C@@H]2CCO[C@@H]3[C@H]4CCOC5(C[C@H]6O[C@H](CC[C@@H]6O[C@@H]35)CC(=O)O[C@@H]3[C@@H](C)[C@@H]5O[C@@H]6C[C@]7(C[C@@H]8O[C@]9(C[C@H](C)[C@@H]%10O[C@H](CC(=O)CCO)[C@H](O)C[C@@H]%10O9)C[C@H](C)[C@@H]8O7)O[C@@H]6C[C@@H]5O[C@H]3C[C@H]3O[C@@H](CC[C@@H]1O2)C[C@@H](C)C3=C)O4. The van der Waals surface area contributed by atoms with Gasteiger partial charge in [0.05, 0.1) is 129 Å². The van der Waals surface area contributed by atoms with Gasteiger partial charge in [-0.25, -0.2) is 0 Å². The lowest BCUT2D eigenvalue weighted by molar-refractivity contribution is -0.371. The van der Waals surface area contributed by atoms with Gasteiger partial charge in [-0.1, -0.05) is 40.9 Å². The monoisotopic (exact) mass is 1120 g/mol. The molecule has 16 saturated heterocycles. The third-order valence-corrected chi connectivity index (χ3v) is 21.5. The molecule has 3 spiro atoms. The molecule has 0 aliphatic carbocycles. The van der Waals surface area contributed by atoms with E-state index in [0.717, 1.165) is 56.1 Å². The molecule has 0 aromatic rings. The van der Waals surface area contributed by atoms with Gasteiger partial charge < -0.3 is 81.3 Å². The maximum Gasteiger partial charge on any atom is 0.308 e. The number of carbonyl (C=O) groups is 2. The summed E-state index contributed by atoms with van der Waals surface area (Å²) in [6.45, 7) is 18.6. The standard InChI is InChI=1S/C61H88O19/c1-29-17-36-7-9-40-30(2)18-38(68-40)12-15-66-57-42-13-16-67-61(79-42)28-50-41(74-58(57)61)10-8-37(70-50)20-52(65)75-56-34(6)55-47(71-46(56)22-43(69-36)33(29)5)23-45-49(73-55)26-60(76-45)27-51-54(80-60)32(4)25-59(78-51)24-31(3)53-48(77-59)21-39(64)44(72-53)19-35(63)11-14-62/h29,31-32,34,36-51,53-58,62,64H,2,5,7-28H2,1,3-4,6H3/t29-,31+,32+,34+,36+,37-,38+,39-,40+,41+,42-,43-,44-,45-,46+,47+,48+,49-,50-,51+,53+,54+,55+,56-,57-,58+,59-,60+,61?/m1/s1. The Kier molecular flexibility index (Phi) is 15.2. The van der Waals surface area contributed by atoms with Crippen LogP contribution < -0.4 is 0 Å². The van der Waals surface area contributed by atoms with Crippen LogP contribution in [0.25, 0.3) is 0 Å². The molecule has 16 aliphatic rings. The Morgan fingerprint density at radius 3 is 2.16 bits per heavy atom. The maximum atomic E-state index is 14.5. The van der Waals surface area contributed by atoms with Crippen LogP contribution in [0.3, 0.4) is 0 Å². The number of carbonyl (C=O) groups excluding carboxylic acids is 2. The number of aliphatic hydroxyl groups excluding tert-OH is 2. The first-order chi connectivity index (χ1) is 38.5. The largest absolute Gasteiger partial charge is 0.459 e. The second kappa shape index (κ2) is 21.7. The molecule has 16 aliphatic heterocycles. The average Bonchev–Trinajstić information content (AvgIpc) is 4.23. The summed E-state index contributed by atoms with van der Waals surface area (Å²) in [5.74, 6) is -3.17. The Morgan fingerprint density at radius 1 is 0.575 bits per heavy atom. The summed E-state index contributed by atoms with van der Waals surface area (Å²) in [6.07, 6.45) is 3.21. The molecule has 1 unspecified atom stereocenters. The minimum atomic E-state index is -0.961. The molecule has 19 heteroatoms. The van der Waals surface area contributed by atoms with Crippen molar-refractivity contribution >= 4 is 11.8 Å². The first kappa shape index (κ1) is 55.8. The van der Waals surface area contributed by atoms with Crippen LogP contribution in [0, 0.1) is 23.7 Å². The van der Waals surface area contributed by atoms with E-state index in [1.165, 1.54) is 0 Å². The highest BCUT2D eigenvalue weighted by Crippen LogP contribution is 2.57. The number of hydrogen-bond acceptors (Lipinski definition) is 19. The fourth-order valence-corrected chi connectivity index (χ4v) is 17.6. The smallest absolute Gasteiger partial charge is 0.308 e. The Labute approximate surface area is 470 Å². The molecule has 2 N–H and O–H groups in total. The number of ether oxygens (including phenoxy) is 15. The summed E-state index contributed by atoms with van der Waals surface area (Å²) >= 11 is 0. The Bertz CT molecular complexity index is 2340. The molecule has 0 saturated carbocycles. The van der Waals surface area contributed by atoms with Crippen LogP contribution in [-0.4, -0.2) is 193 Å². The van der Waals surface area contributed by atoms with E-state index in [-0.39, 0.29) is 165 Å². The average molecular weight is 1130 g/mol. The normalized spacial score (nSPS) is 54.8. The molecule has 0 amide bonds. The molecular weight excluding hydrogens is 1040 g/mol. The van der Waals surface area contributed by atoms with E-state index in [2.05, 4.69) is 40.9 Å². The number of ketones is 1. The topological polar surface area (TPSA) is 213 Å². The fourth-order valence-electron chi connectivity index (χ4n) is 17.6. The van der Waals surface area contributed by atoms with E-state index in [1.807, 2.05) is 0 Å². The highest BCUT2D eigenvalue weighted by molar-refractivity contribution is 5.79. The van der Waals surface area contributed by atoms with Crippen molar-refractivity contribution in [2.24, 2.45) is 23.7 Å². The van der Waals surface area contributed by atoms with Crippen LogP contribution in [0.5, 0.6) is 0 Å². The lowest BCUT2D eigenvalue weighted by Gasteiger charge is -2.54. The zero-order valence-electron chi connectivity index (χ0n) is 47.3. The number of esters is 1. The number of aliphatic hydroxyl groups is 2. The van der Waals surface area contributed by atoms with Crippen molar-refractivity contribution < 1.29 is 90.9 Å². The second-order valence-electron chi connectivity index (χ2n) is 27.2. The molecule has 16 fully saturated rings. The highest BCUT2D eigenvalue weighted by atomic mass is 16.8. The molecule has 0 aromatic carbocycles. The minimum absolute atomic E-state index is 0.0229. The molecule has 11 bridgehead atoms. The van der Waals surface area contributed by atoms with Crippen molar-refractivity contribution in [1.82, 2.24) is 0 Å². The Morgan fingerprint density at radius 2 is 1.31 bits per heavy atom. The maximum absolute atomic E-state index is 14.5. The van der Waals surface area contributed by atoms with E-state index in [4.69, 9.17) is 71.1 Å². The Hall–Kier alpha value is -2.02. The lowest BCUT2D eigenvalue weighted by Crippen LogP contribution is -2.62. The van der Waals surface area contributed by atoms with Crippen molar-refractivity contribution in [2.75, 3.05) is 19.8 Å². The van der Waals surface area contributed by atoms with Gasteiger partial charge in [0.25, 0.3) is 0 Å². The van der Waals surface area contributed by atoms with Crippen LogP contribution in [-0.2, 0) is 80.6 Å². The number of Topliss-reactive ketones (excluding diaryl/α,β-unsaturated/α-hetero) is 1. The predicted octanol–water partition coefficient (Wildman–Crippen LogP) is 5.77. The summed E-state index contributed by atoms with van der Waals surface area (Å²) in [6, 6.07) is 0. The first-order valence-corrected chi connectivity index (χ1v) is 31.1. The van der Waals surface area contributed by atoms with Crippen molar-refractivity contribution in [1.29, 1.82) is 0 Å². The summed E-state index contributed by atoms with van der Waals surface area (Å²) in [5, 5.41) is 20.4. The molecule has 29 atom stereocenters. The van der Waals surface area contributed by atoms with E-state index < -0.39 is 47.9 Å². The van der Waals surface area contributed by atoms with Crippen molar-refractivity contribution in [2.45, 2.75) is 301 Å². The van der Waals surface area contributed by atoms with Gasteiger partial charge >= 0.3 is 5.97 Å². The summed E-state index contributed by atoms with van der Waals surface area (Å²) in [5.41, 5.74) is 2.14. The molecular formula is C61H88O19. The second-order valence-corrected chi connectivity index (χ2v) is 27.2. The molecule has 16 heterocycles. The van der Waals surface area contributed by atoms with Crippen LogP contribution in [0.15, 0.2) is 24.3 Å². The zero-order valence-corrected chi connectivity index (χ0v) is 47.3. The summed E-state index contributed by atoms with van der Waals surface area (Å²) < 4.78 is 102. The van der Waals surface area contributed by atoms with Crippen LogP contribution in [0.1, 0.15) is 150 Å². The van der Waals surface area contributed by atoms with E-state index in [9.17, 15) is 19.8 Å². The van der Waals surface area contributed by atoms with Gasteiger partial charge in [-0.15, -0.1) is 0 Å². The quantitative estimate of drug-likeness (QED) is 0.253. The fraction of sp³-hybridized carbons (Fsp3) is 0.902. The third-order valence-electron chi connectivity index (χ3n) is 21.5. The molecule has 446 valence electrons. The van der Waals surface area contributed by atoms with Gasteiger partial charge in [-0.3, -0.25) is 9.59 Å². The van der Waals surface area contributed by atoms with E-state index >= 15 is 0 Å². The van der Waals surface area contributed by atoms with Crippen LogP contribution in [0.2, 0.25) is 0 Å². The number of fused-ring (bicyclic) bond motifs is 6. The lowest BCUT2D eigenvalue weighted by atomic mass is 9.78. The first-order valence-electron chi connectivity index (χ1n) is 31.1. The minimum Gasteiger partial charge on any atom is -0.459 e. The van der Waals surface area contributed by atoms with Gasteiger partial charge in [0, 0.05) is 83.3 Å². The highest BCUT2D eigenvalue weighted by Gasteiger charge is 2.67. The van der Waals surface area contributed by atoms with Crippen LogP contribution >= 0.6 is 0 Å². The molecule has 80 heavy (non-hydrogen) atoms. The summed E-state index contributed by atoms with van der Waals surface area (Å²) in [7, 11) is 0. The van der Waals surface area contributed by atoms with E-state index in [1.54, 1.807) is 0 Å².